The number of nitrogens with zero attached hydrogens (tertiary/aromatic N) is 2. The molecular formula is C20H20ClN3O2. The average Bonchev–Trinajstić information content (AvgIpc) is 2.97. The van der Waals surface area contributed by atoms with E-state index in [1.807, 2.05) is 51.9 Å². The van der Waals surface area contributed by atoms with Crippen molar-refractivity contribution in [3.63, 3.8) is 0 Å². The van der Waals surface area contributed by atoms with Gasteiger partial charge in [-0.05, 0) is 42.7 Å². The van der Waals surface area contributed by atoms with Crippen molar-refractivity contribution < 1.29 is 4.79 Å². The molecule has 1 saturated heterocycles. The van der Waals surface area contributed by atoms with Gasteiger partial charge in [0, 0.05) is 24.2 Å². The van der Waals surface area contributed by atoms with Crippen molar-refractivity contribution >= 4 is 28.5 Å². The number of halogens is 1. The molecule has 6 heteroatoms. The molecule has 26 heavy (non-hydrogen) atoms. The number of rotatable bonds is 3. The van der Waals surface area contributed by atoms with Crippen LogP contribution in [-0.4, -0.2) is 33.4 Å². The van der Waals surface area contributed by atoms with Gasteiger partial charge in [0.2, 0.25) is 5.91 Å². The number of piperidine rings is 1. The third-order valence-corrected chi connectivity index (χ3v) is 5.29. The van der Waals surface area contributed by atoms with Gasteiger partial charge in [0.05, 0.1) is 17.5 Å². The molecule has 1 fully saturated rings. The summed E-state index contributed by atoms with van der Waals surface area (Å²) in [7, 11) is 0. The normalized spacial score (nSPS) is 15.5. The highest BCUT2D eigenvalue weighted by Gasteiger charge is 2.26. The number of H-pyrrole nitrogens is 1. The lowest BCUT2D eigenvalue weighted by Crippen LogP contribution is -2.41. The number of likely N-dealkylation sites (tertiary alicyclic amines) is 1. The maximum atomic E-state index is 12.6. The van der Waals surface area contributed by atoms with Crippen molar-refractivity contribution in [2.24, 2.45) is 0 Å². The molecule has 0 unspecified atom stereocenters. The number of nitrogens with one attached hydrogen (secondary N) is 1. The van der Waals surface area contributed by atoms with E-state index in [9.17, 15) is 9.59 Å². The van der Waals surface area contributed by atoms with Gasteiger partial charge >= 0.3 is 5.69 Å². The number of carbonyl (C=O) groups is 1. The highest BCUT2D eigenvalue weighted by atomic mass is 35.5. The molecule has 1 amide bonds. The zero-order valence-corrected chi connectivity index (χ0v) is 15.1. The van der Waals surface area contributed by atoms with Crippen LogP contribution in [0.1, 0.15) is 24.4 Å². The highest BCUT2D eigenvalue weighted by Crippen LogP contribution is 2.25. The molecule has 2 heterocycles. The molecule has 0 spiro atoms. The van der Waals surface area contributed by atoms with Crippen LogP contribution in [0.4, 0.5) is 0 Å². The van der Waals surface area contributed by atoms with Crippen LogP contribution in [0.25, 0.3) is 11.0 Å². The first-order valence-electron chi connectivity index (χ1n) is 8.83. The van der Waals surface area contributed by atoms with Crippen molar-refractivity contribution in [1.29, 1.82) is 0 Å². The van der Waals surface area contributed by atoms with Gasteiger partial charge in [-0.15, -0.1) is 0 Å². The highest BCUT2D eigenvalue weighted by molar-refractivity contribution is 6.30. The van der Waals surface area contributed by atoms with Gasteiger partial charge < -0.3 is 9.88 Å². The Morgan fingerprint density at radius 1 is 1.12 bits per heavy atom. The van der Waals surface area contributed by atoms with Crippen molar-refractivity contribution in [3.8, 4) is 0 Å². The lowest BCUT2D eigenvalue weighted by molar-refractivity contribution is -0.131. The molecule has 134 valence electrons. The number of benzene rings is 2. The number of carbonyl (C=O) groups excluding carboxylic acids is 1. The minimum Gasteiger partial charge on any atom is -0.342 e. The van der Waals surface area contributed by atoms with Crippen molar-refractivity contribution in [2.75, 3.05) is 13.1 Å². The lowest BCUT2D eigenvalue weighted by Gasteiger charge is -2.32. The summed E-state index contributed by atoms with van der Waals surface area (Å²) in [6, 6.07) is 15.3. The van der Waals surface area contributed by atoms with Crippen LogP contribution in [0.5, 0.6) is 0 Å². The van der Waals surface area contributed by atoms with E-state index in [0.29, 0.717) is 24.5 Å². The number of para-hydroxylation sites is 2. The molecule has 1 aliphatic rings. The molecule has 5 nitrogen and oxygen atoms in total. The minimum absolute atomic E-state index is 0.0742. The fraction of sp³-hybridized carbons (Fsp3) is 0.300. The van der Waals surface area contributed by atoms with E-state index in [0.717, 1.165) is 29.4 Å². The second kappa shape index (κ2) is 7.00. The van der Waals surface area contributed by atoms with E-state index < -0.39 is 0 Å². The maximum Gasteiger partial charge on any atom is 0.326 e. The number of hydrogen-bond donors (Lipinski definition) is 1. The summed E-state index contributed by atoms with van der Waals surface area (Å²) >= 11 is 5.99. The largest absolute Gasteiger partial charge is 0.342 e. The Morgan fingerprint density at radius 2 is 1.88 bits per heavy atom. The second-order valence-electron chi connectivity index (χ2n) is 6.74. The molecule has 0 radical (unpaired) electrons. The standard InChI is InChI=1S/C20H20ClN3O2/c21-15-5-3-4-14(12-15)13-19(25)23-10-8-16(9-11-23)24-18-7-2-1-6-17(18)22-20(24)26/h1-7,12,16H,8-11,13H2,(H,22,26). The molecule has 3 aromatic rings. The van der Waals surface area contributed by atoms with E-state index in [-0.39, 0.29) is 17.6 Å². The van der Waals surface area contributed by atoms with Crippen LogP contribution >= 0.6 is 11.6 Å². The summed E-state index contributed by atoms with van der Waals surface area (Å²) in [5, 5.41) is 0.646. The summed E-state index contributed by atoms with van der Waals surface area (Å²) < 4.78 is 1.84. The van der Waals surface area contributed by atoms with Crippen LogP contribution < -0.4 is 5.69 Å². The third-order valence-electron chi connectivity index (χ3n) is 5.05. The van der Waals surface area contributed by atoms with E-state index >= 15 is 0 Å². The number of imidazole rings is 1. The molecule has 1 N–H and O–H groups in total. The lowest BCUT2D eigenvalue weighted by atomic mass is 10.0. The first-order valence-corrected chi connectivity index (χ1v) is 9.21. The van der Waals surface area contributed by atoms with Crippen LogP contribution in [0.15, 0.2) is 53.3 Å². The van der Waals surface area contributed by atoms with Crippen LogP contribution in [0, 0.1) is 0 Å². The molecule has 0 bridgehead atoms. The fourth-order valence-corrected chi connectivity index (χ4v) is 3.96. The SMILES string of the molecule is O=C(Cc1cccc(Cl)c1)N1CCC(n2c(=O)[nH]c3ccccc32)CC1. The first-order chi connectivity index (χ1) is 12.6. The van der Waals surface area contributed by atoms with E-state index in [1.54, 1.807) is 6.07 Å². The Kier molecular flexibility index (Phi) is 4.55. The van der Waals surface area contributed by atoms with Gasteiger partial charge in [0.1, 0.15) is 0 Å². The molecule has 0 aliphatic carbocycles. The quantitative estimate of drug-likeness (QED) is 0.769. The molecule has 1 aromatic heterocycles. The Balaban J connectivity index is 1.44. The molecule has 4 rings (SSSR count). The zero-order valence-electron chi connectivity index (χ0n) is 14.3. The number of aromatic amines is 1. The van der Waals surface area contributed by atoms with Gasteiger partial charge in [-0.25, -0.2) is 4.79 Å². The van der Waals surface area contributed by atoms with Gasteiger partial charge in [-0.2, -0.15) is 0 Å². The number of hydrogen-bond acceptors (Lipinski definition) is 2. The van der Waals surface area contributed by atoms with E-state index in [4.69, 9.17) is 11.6 Å². The number of fused-ring (bicyclic) bond motifs is 1. The summed E-state index contributed by atoms with van der Waals surface area (Å²) in [5.74, 6) is 0.108. The van der Waals surface area contributed by atoms with Gasteiger partial charge in [-0.1, -0.05) is 35.9 Å². The zero-order chi connectivity index (χ0) is 18.1. The Hall–Kier alpha value is -2.53. The maximum absolute atomic E-state index is 12.6. The predicted molar refractivity (Wildman–Crippen MR) is 103 cm³/mol. The smallest absolute Gasteiger partial charge is 0.326 e. The summed E-state index contributed by atoms with van der Waals surface area (Å²) in [4.78, 5) is 29.7. The van der Waals surface area contributed by atoms with Gasteiger partial charge in [0.25, 0.3) is 0 Å². The van der Waals surface area contributed by atoms with Crippen LogP contribution in [0.3, 0.4) is 0 Å². The molecular weight excluding hydrogens is 350 g/mol. The molecule has 2 aromatic carbocycles. The van der Waals surface area contributed by atoms with Crippen molar-refractivity contribution in [1.82, 2.24) is 14.5 Å². The number of aromatic nitrogens is 2. The summed E-state index contributed by atoms with van der Waals surface area (Å²) in [5.41, 5.74) is 2.64. The summed E-state index contributed by atoms with van der Waals surface area (Å²) in [6.07, 6.45) is 1.92. The Morgan fingerprint density at radius 3 is 2.65 bits per heavy atom. The monoisotopic (exact) mass is 369 g/mol. The van der Waals surface area contributed by atoms with Crippen molar-refractivity contribution in [3.05, 3.63) is 69.6 Å². The fourth-order valence-electron chi connectivity index (χ4n) is 3.74. The molecule has 1 aliphatic heterocycles. The van der Waals surface area contributed by atoms with Crippen LogP contribution in [0.2, 0.25) is 5.02 Å². The predicted octanol–water partition coefficient (Wildman–Crippen LogP) is 3.39. The van der Waals surface area contributed by atoms with Gasteiger partial charge in [-0.3, -0.25) is 9.36 Å². The van der Waals surface area contributed by atoms with E-state index in [1.165, 1.54) is 0 Å². The van der Waals surface area contributed by atoms with E-state index in [2.05, 4.69) is 4.98 Å². The minimum atomic E-state index is -0.0742. The van der Waals surface area contributed by atoms with Crippen molar-refractivity contribution in [2.45, 2.75) is 25.3 Å². The average molecular weight is 370 g/mol. The molecule has 0 saturated carbocycles. The Bertz CT molecular complexity index is 999. The number of amides is 1. The third kappa shape index (κ3) is 3.27. The molecule has 0 atom stereocenters. The first kappa shape index (κ1) is 16.9. The topological polar surface area (TPSA) is 58.1 Å². The Labute approximate surface area is 156 Å². The summed E-state index contributed by atoms with van der Waals surface area (Å²) in [6.45, 7) is 1.33. The van der Waals surface area contributed by atoms with Gasteiger partial charge in [0.15, 0.2) is 0 Å². The van der Waals surface area contributed by atoms with Crippen LogP contribution in [-0.2, 0) is 11.2 Å². The second-order valence-corrected chi connectivity index (χ2v) is 7.17.